The second-order valence-corrected chi connectivity index (χ2v) is 19.7. The molecule has 0 aliphatic heterocycles. The maximum Gasteiger partial charge on any atom is 0.119 e. The van der Waals surface area contributed by atoms with E-state index in [4.69, 9.17) is 235 Å². The topological polar surface area (TPSA) is 14.8 Å². The molecule has 33 heteroatoms. The van der Waals surface area contributed by atoms with Crippen molar-refractivity contribution in [3.8, 4) is 22.5 Å². The number of hydrogen-bond acceptors (Lipinski definition) is 0. The highest BCUT2D eigenvalue weighted by Crippen LogP contribution is 2.40. The van der Waals surface area contributed by atoms with Gasteiger partial charge in [-0.3, -0.25) is 0 Å². The van der Waals surface area contributed by atoms with Crippen LogP contribution in [0.25, 0.3) is 87.9 Å². The molecular weight excluding hydrogens is 931 g/mol. The Hall–Kier alpha value is -4.63. The molecule has 0 saturated carbocycles. The third-order valence-electron chi connectivity index (χ3n) is 15.9. The van der Waals surface area contributed by atoms with Gasteiger partial charge in [-0.25, -0.2) is 0 Å². The van der Waals surface area contributed by atoms with Crippen LogP contribution >= 0.6 is 0 Å². The second kappa shape index (κ2) is 18.9. The lowest BCUT2D eigenvalue weighted by Gasteiger charge is -2.29. The molecule has 0 fully saturated rings. The summed E-state index contributed by atoms with van der Waals surface area (Å²) in [6.45, 7) is 0. The van der Waals surface area contributed by atoms with Crippen LogP contribution in [0.3, 0.4) is 0 Å². The molecule has 3 nitrogen and oxygen atoms in total. The quantitative estimate of drug-likeness (QED) is 0.156. The molecule has 0 spiro atoms. The van der Waals surface area contributed by atoms with Crippen LogP contribution in [-0.2, 0) is 0 Å². The predicted molar refractivity (Wildman–Crippen MR) is 370 cm³/mol. The van der Waals surface area contributed by atoms with Gasteiger partial charge in [0.05, 0.1) is 6.04 Å². The zero-order valence-electron chi connectivity index (χ0n) is 42.2. The summed E-state index contributed by atoms with van der Waals surface area (Å²) in [5.74, 6) is 0. The molecule has 3 aromatic heterocycles. The SMILES string of the molecule is [B]C1=C([B])C(n2c3c([B])c([B])c([B])c([B])c3c3c([B])c(-c4c([B])c([B])c5c(c4[B])c4c([B])c([B])c([B])c([B])c4n5-c4c([B])c([B])c([B])c(-n5c6c([B])c([B])c([B])c([B])c6c6c([B])c([B])c([B])c([B])c65)c4[B])c([B])c([B])c32)C([B])=C1[B]. The molecule has 0 unspecified atom stereocenters. The lowest BCUT2D eigenvalue weighted by Crippen LogP contribution is -2.51. The van der Waals surface area contributed by atoms with Gasteiger partial charge in [-0.2, -0.15) is 0 Å². The number of benzene rings is 7. The first kappa shape index (κ1) is 57.2. The molecule has 10 aromatic rings. The molecule has 11 rings (SSSR count). The van der Waals surface area contributed by atoms with Crippen LogP contribution in [-0.4, -0.2) is 249 Å². The van der Waals surface area contributed by atoms with Gasteiger partial charge in [-0.15, -0.1) is 71.1 Å². The van der Waals surface area contributed by atoms with Gasteiger partial charge < -0.3 is 13.7 Å². The van der Waals surface area contributed by atoms with E-state index in [-0.39, 0.29) is 252 Å². The monoisotopic (exact) mass is 937 g/mol. The summed E-state index contributed by atoms with van der Waals surface area (Å²) < 4.78 is 4.30. The molecule has 0 saturated heterocycles. The van der Waals surface area contributed by atoms with E-state index in [2.05, 4.69) is 0 Å². The van der Waals surface area contributed by atoms with Crippen LogP contribution in [0.4, 0.5) is 0 Å². The van der Waals surface area contributed by atoms with Crippen molar-refractivity contribution in [2.24, 2.45) is 0 Å². The Labute approximate surface area is 503 Å². The average Bonchev–Trinajstić information content (AvgIpc) is 4.28. The second-order valence-electron chi connectivity index (χ2n) is 19.7. The Morgan fingerprint density at radius 2 is 0.400 bits per heavy atom. The van der Waals surface area contributed by atoms with Gasteiger partial charge in [-0.05, 0) is 38.1 Å². The number of rotatable bonds is 4. The highest BCUT2D eigenvalue weighted by molar-refractivity contribution is 6.76. The van der Waals surface area contributed by atoms with E-state index in [0.717, 1.165) is 0 Å². The number of fused-ring (bicyclic) bond motifs is 9. The number of aromatic nitrogens is 3. The maximum absolute atomic E-state index is 7.44. The molecule has 60 radical (unpaired) electrons. The fraction of sp³-hybridized carbons (Fsp3) is 0.0213. The average molecular weight is 932 g/mol. The van der Waals surface area contributed by atoms with Crippen molar-refractivity contribution in [1.82, 2.24) is 13.7 Å². The fourth-order valence-corrected chi connectivity index (χ4v) is 11.7. The van der Waals surface area contributed by atoms with Crippen LogP contribution in [0.5, 0.6) is 0 Å². The van der Waals surface area contributed by atoms with Crippen molar-refractivity contribution in [1.29, 1.82) is 0 Å². The first-order valence-corrected chi connectivity index (χ1v) is 23.5. The van der Waals surface area contributed by atoms with E-state index in [1.165, 1.54) is 13.7 Å². The van der Waals surface area contributed by atoms with Crippen LogP contribution < -0.4 is 142 Å². The minimum Gasteiger partial charge on any atom is -0.332 e. The van der Waals surface area contributed by atoms with E-state index in [9.17, 15) is 0 Å². The molecule has 1 aliphatic rings. The number of nitrogens with zero attached hydrogens (tertiary/aromatic N) is 3. The maximum atomic E-state index is 7.44. The first-order chi connectivity index (χ1) is 37.3. The van der Waals surface area contributed by atoms with Crippen molar-refractivity contribution in [2.75, 3.05) is 0 Å². The molecule has 0 atom stereocenters. The van der Waals surface area contributed by atoms with Gasteiger partial charge in [0, 0.05) is 49.9 Å². The van der Waals surface area contributed by atoms with Gasteiger partial charge in [-0.1, -0.05) is 92.9 Å². The predicted octanol–water partition coefficient (Wildman–Crippen LogP) is -21.1. The molecule has 0 bridgehead atoms. The Morgan fingerprint density at radius 3 is 0.713 bits per heavy atom. The molecule has 0 N–H and O–H groups in total. The van der Waals surface area contributed by atoms with Crippen LogP contribution in [0.1, 0.15) is 6.04 Å². The summed E-state index contributed by atoms with van der Waals surface area (Å²) in [5, 5.41) is 0.573. The minimum atomic E-state index is -1.14. The van der Waals surface area contributed by atoms with Gasteiger partial charge in [0.1, 0.15) is 235 Å². The van der Waals surface area contributed by atoms with E-state index in [0.29, 0.717) is 0 Å². The highest BCUT2D eigenvalue weighted by atomic mass is 15.0. The largest absolute Gasteiger partial charge is 0.332 e. The Bertz CT molecular complexity index is 4670. The molecule has 1 aliphatic carbocycles. The first-order valence-electron chi connectivity index (χ1n) is 23.5. The standard InChI is InChI=1S/C47HB30N3/c48-9-1(11(50)28(67)39-3(9)5-13(52)17(56)21(60)30(69)41(5)78(39)45-34(73)25(64)26(65)35(45)74)2-10(49)4-6-14(53)18(57)22(61)31(70)42(6)79(40(4)29(68)12(2)51)46-36(75)27(66)37(76)47(38(46)77)80-43-7(15(54)19(58)23(62)32(43)71)8-16(55)20(59)24(63)33(72)44(8)80/h45H. The van der Waals surface area contributed by atoms with Crippen molar-refractivity contribution < 1.29 is 0 Å². The molecule has 80 heavy (non-hydrogen) atoms. The van der Waals surface area contributed by atoms with Gasteiger partial charge in [0.25, 0.3) is 0 Å². The van der Waals surface area contributed by atoms with E-state index < -0.39 is 6.04 Å². The third kappa shape index (κ3) is 6.94. The summed E-state index contributed by atoms with van der Waals surface area (Å²) in [6.07, 6.45) is 0. The molecule has 0 amide bonds. The van der Waals surface area contributed by atoms with Crippen molar-refractivity contribution in [3.05, 3.63) is 21.9 Å². The molecule has 7 aromatic carbocycles. The zero-order valence-corrected chi connectivity index (χ0v) is 42.2. The Morgan fingerprint density at radius 1 is 0.188 bits per heavy atom. The molecule has 294 valence electrons. The molecule has 3 heterocycles. The summed E-state index contributed by atoms with van der Waals surface area (Å²) in [7, 11) is 205. The van der Waals surface area contributed by atoms with Crippen molar-refractivity contribution in [2.45, 2.75) is 6.04 Å². The van der Waals surface area contributed by atoms with Gasteiger partial charge in [0.2, 0.25) is 0 Å². The summed E-state index contributed by atoms with van der Waals surface area (Å²) in [6, 6.07) is -1.14. The normalized spacial score (nSPS) is 13.3. The molecular formula is C47HB30N3. The van der Waals surface area contributed by atoms with Crippen LogP contribution in [0.2, 0.25) is 0 Å². The minimum absolute atomic E-state index is 0.0103. The number of hydrogen-bond donors (Lipinski definition) is 0. The third-order valence-corrected chi connectivity index (χ3v) is 15.9. The van der Waals surface area contributed by atoms with Crippen LogP contribution in [0.15, 0.2) is 21.9 Å². The Balaban J connectivity index is 1.33. The van der Waals surface area contributed by atoms with Gasteiger partial charge in [0.15, 0.2) is 0 Å². The lowest BCUT2D eigenvalue weighted by molar-refractivity contribution is 0.768. The van der Waals surface area contributed by atoms with Gasteiger partial charge >= 0.3 is 0 Å². The van der Waals surface area contributed by atoms with E-state index in [1.54, 1.807) is 0 Å². The summed E-state index contributed by atoms with van der Waals surface area (Å²) in [4.78, 5) is 0. The Kier molecular flexibility index (Phi) is 13.5. The van der Waals surface area contributed by atoms with Crippen molar-refractivity contribution in [3.63, 3.8) is 0 Å². The van der Waals surface area contributed by atoms with Crippen molar-refractivity contribution >= 4 is 443 Å². The smallest absolute Gasteiger partial charge is 0.119 e. The zero-order chi connectivity index (χ0) is 58.9. The van der Waals surface area contributed by atoms with Crippen LogP contribution in [0, 0.1) is 0 Å². The summed E-state index contributed by atoms with van der Waals surface area (Å²) in [5.41, 5.74) is -4.35. The fourth-order valence-electron chi connectivity index (χ4n) is 11.7. The highest BCUT2D eigenvalue weighted by Gasteiger charge is 2.34. The number of allylic oxidation sites excluding steroid dienone is 4. The van der Waals surface area contributed by atoms with E-state index >= 15 is 0 Å². The summed E-state index contributed by atoms with van der Waals surface area (Å²) >= 11 is 0. The van der Waals surface area contributed by atoms with E-state index in [1.807, 2.05) is 0 Å². The lowest BCUT2D eigenvalue weighted by atomic mass is 9.61.